The first-order valence-electron chi connectivity index (χ1n) is 12.7. The normalized spacial score (nSPS) is 14.3. The van der Waals surface area contributed by atoms with Crippen LogP contribution in [0.25, 0.3) is 11.1 Å². The zero-order valence-corrected chi connectivity index (χ0v) is 25.5. The number of urea groups is 1. The van der Waals surface area contributed by atoms with Gasteiger partial charge in [0.1, 0.15) is 10.4 Å². The highest BCUT2D eigenvalue weighted by Crippen LogP contribution is 2.50. The number of halogens is 2. The fourth-order valence-corrected chi connectivity index (χ4v) is 7.98. The fourth-order valence-electron chi connectivity index (χ4n) is 4.72. The summed E-state index contributed by atoms with van der Waals surface area (Å²) in [5, 5.41) is 3.82. The van der Waals surface area contributed by atoms with Gasteiger partial charge in [0.2, 0.25) is 0 Å². The first kappa shape index (κ1) is 27.7. The van der Waals surface area contributed by atoms with Crippen molar-refractivity contribution in [1.82, 2.24) is 0 Å². The number of ether oxygens (including phenoxy) is 1. The highest BCUT2D eigenvalue weighted by molar-refractivity contribution is 7.68. The van der Waals surface area contributed by atoms with E-state index in [1.54, 1.807) is 43.8 Å². The lowest BCUT2D eigenvalue weighted by Crippen LogP contribution is -2.50. The molecular formula is C30H29Cl2N3O2S2. The lowest BCUT2D eigenvalue weighted by Gasteiger charge is -2.42. The van der Waals surface area contributed by atoms with Gasteiger partial charge in [0.25, 0.3) is 0 Å². The van der Waals surface area contributed by atoms with E-state index < -0.39 is 5.54 Å². The molecule has 4 aromatic rings. The summed E-state index contributed by atoms with van der Waals surface area (Å²) in [6.07, 6.45) is 0. The van der Waals surface area contributed by atoms with Crippen LogP contribution in [-0.2, 0) is 5.54 Å². The van der Waals surface area contributed by atoms with E-state index in [-0.39, 0.29) is 6.03 Å². The molecule has 3 aromatic carbocycles. The summed E-state index contributed by atoms with van der Waals surface area (Å²) >= 11 is 12.3. The summed E-state index contributed by atoms with van der Waals surface area (Å²) in [4.78, 5) is 21.8. The van der Waals surface area contributed by atoms with Gasteiger partial charge in [0.05, 0.1) is 38.4 Å². The van der Waals surface area contributed by atoms with Gasteiger partial charge >= 0.3 is 6.03 Å². The van der Waals surface area contributed by atoms with E-state index in [0.717, 1.165) is 37.8 Å². The van der Waals surface area contributed by atoms with E-state index in [1.165, 1.54) is 5.56 Å². The Labute approximate surface area is 246 Å². The van der Waals surface area contributed by atoms with Gasteiger partial charge in [0, 0.05) is 16.8 Å². The Balaban J connectivity index is 1.63. The molecule has 0 aliphatic carbocycles. The SMILES string of the molecule is CCOc1ccc2c(c1)-c1c(ssc1=Nc1ccc(C(C)C)cc1)C(C)(C)N2C(=O)Nc1ccc(Cl)c(Cl)c1. The molecule has 1 aromatic heterocycles. The molecule has 0 fully saturated rings. The number of rotatable bonds is 5. The van der Waals surface area contributed by atoms with Crippen molar-refractivity contribution in [3.05, 3.63) is 85.8 Å². The van der Waals surface area contributed by atoms with E-state index in [9.17, 15) is 4.79 Å². The van der Waals surface area contributed by atoms with Crippen LogP contribution in [0, 0.1) is 0 Å². The summed E-state index contributed by atoms with van der Waals surface area (Å²) in [5.41, 5.74) is 4.83. The number of carbonyl (C=O) groups is 1. The monoisotopic (exact) mass is 597 g/mol. The Hall–Kier alpha value is -2.84. The molecule has 0 saturated heterocycles. The minimum absolute atomic E-state index is 0.268. The van der Waals surface area contributed by atoms with Crippen molar-refractivity contribution in [2.45, 2.75) is 46.1 Å². The summed E-state index contributed by atoms with van der Waals surface area (Å²) in [6.45, 7) is 11.0. The van der Waals surface area contributed by atoms with Gasteiger partial charge in [-0.3, -0.25) is 4.90 Å². The Morgan fingerprint density at radius 3 is 2.44 bits per heavy atom. The standard InChI is InChI=1S/C30H29Cl2N3O2S2/c1-6-37-21-12-14-25-22(16-21)26-27(38-39-28(26)33-19-9-7-18(8-10-19)17(2)3)30(4,5)35(25)29(36)34-20-11-13-23(31)24(32)15-20/h7-17H,6H2,1-5H3,(H,34,36). The average molecular weight is 599 g/mol. The third-order valence-corrected chi connectivity index (χ3v) is 10.1. The number of fused-ring (bicyclic) bond motifs is 3. The van der Waals surface area contributed by atoms with E-state index in [2.05, 4.69) is 57.3 Å². The molecule has 0 bridgehead atoms. The maximum absolute atomic E-state index is 13.8. The van der Waals surface area contributed by atoms with Crippen LogP contribution in [0.3, 0.4) is 0 Å². The van der Waals surface area contributed by atoms with Gasteiger partial charge in [-0.2, -0.15) is 0 Å². The molecule has 39 heavy (non-hydrogen) atoms. The molecule has 5 nitrogen and oxygen atoms in total. The van der Waals surface area contributed by atoms with Crippen LogP contribution in [0.15, 0.2) is 65.7 Å². The van der Waals surface area contributed by atoms with E-state index in [4.69, 9.17) is 32.9 Å². The molecule has 0 unspecified atom stereocenters. The maximum Gasteiger partial charge on any atom is 0.327 e. The van der Waals surface area contributed by atoms with Gasteiger partial charge < -0.3 is 10.1 Å². The molecule has 2 heterocycles. The predicted octanol–water partition coefficient (Wildman–Crippen LogP) is 9.83. The van der Waals surface area contributed by atoms with Crippen molar-refractivity contribution in [3.63, 3.8) is 0 Å². The van der Waals surface area contributed by atoms with Crippen molar-refractivity contribution < 1.29 is 9.53 Å². The zero-order chi connectivity index (χ0) is 27.9. The number of hydrogen-bond donors (Lipinski definition) is 1. The Bertz CT molecular complexity index is 1610. The Kier molecular flexibility index (Phi) is 7.80. The number of hydrogen-bond acceptors (Lipinski definition) is 5. The zero-order valence-electron chi connectivity index (χ0n) is 22.3. The Morgan fingerprint density at radius 2 is 1.77 bits per heavy atom. The first-order chi connectivity index (χ1) is 18.6. The fraction of sp³-hybridized carbons (Fsp3) is 0.267. The highest BCUT2D eigenvalue weighted by atomic mass is 35.5. The summed E-state index contributed by atoms with van der Waals surface area (Å²) < 4.78 is 6.77. The first-order valence-corrected chi connectivity index (χ1v) is 15.6. The lowest BCUT2D eigenvalue weighted by molar-refractivity contribution is 0.251. The molecular weight excluding hydrogens is 569 g/mol. The minimum Gasteiger partial charge on any atom is -0.494 e. The molecule has 1 N–H and O–H groups in total. The summed E-state index contributed by atoms with van der Waals surface area (Å²) in [7, 11) is 3.27. The second-order valence-corrected chi connectivity index (χ2v) is 13.0. The summed E-state index contributed by atoms with van der Waals surface area (Å²) in [5.74, 6) is 1.21. The number of benzene rings is 3. The third-order valence-electron chi connectivity index (χ3n) is 6.71. The molecule has 0 saturated carbocycles. The van der Waals surface area contributed by atoms with Gasteiger partial charge in [-0.25, -0.2) is 9.79 Å². The Morgan fingerprint density at radius 1 is 1.03 bits per heavy atom. The van der Waals surface area contributed by atoms with Crippen LogP contribution in [0.4, 0.5) is 21.9 Å². The molecule has 0 radical (unpaired) electrons. The molecule has 1 aliphatic heterocycles. The van der Waals surface area contributed by atoms with Gasteiger partial charge in [0.15, 0.2) is 0 Å². The minimum atomic E-state index is -0.647. The summed E-state index contributed by atoms with van der Waals surface area (Å²) in [6, 6.07) is 19.0. The number of carbonyl (C=O) groups excluding carboxylic acids is 1. The van der Waals surface area contributed by atoms with E-state index in [1.807, 2.05) is 25.1 Å². The molecule has 9 heteroatoms. The predicted molar refractivity (Wildman–Crippen MR) is 166 cm³/mol. The molecule has 202 valence electrons. The second kappa shape index (κ2) is 11.0. The molecule has 0 atom stereocenters. The van der Waals surface area contributed by atoms with Crippen molar-refractivity contribution in [3.8, 4) is 16.9 Å². The van der Waals surface area contributed by atoms with Gasteiger partial charge in [-0.05, 0) is 80.8 Å². The van der Waals surface area contributed by atoms with E-state index >= 15 is 0 Å². The van der Waals surface area contributed by atoms with Crippen LogP contribution < -0.4 is 19.6 Å². The van der Waals surface area contributed by atoms with Crippen molar-refractivity contribution in [2.75, 3.05) is 16.8 Å². The molecule has 1 aliphatic rings. The average Bonchev–Trinajstić information content (AvgIpc) is 3.32. The molecule has 0 spiro atoms. The number of anilines is 2. The number of nitrogens with zero attached hydrogens (tertiary/aromatic N) is 2. The quantitative estimate of drug-likeness (QED) is 0.233. The van der Waals surface area contributed by atoms with Crippen molar-refractivity contribution >= 4 is 67.0 Å². The molecule has 2 amide bonds. The van der Waals surface area contributed by atoms with Crippen LogP contribution in [-0.4, -0.2) is 12.6 Å². The lowest BCUT2D eigenvalue weighted by atomic mass is 9.87. The maximum atomic E-state index is 13.8. The van der Waals surface area contributed by atoms with E-state index in [0.29, 0.717) is 28.3 Å². The van der Waals surface area contributed by atoms with Crippen molar-refractivity contribution in [1.29, 1.82) is 0 Å². The van der Waals surface area contributed by atoms with Crippen molar-refractivity contribution in [2.24, 2.45) is 4.99 Å². The van der Waals surface area contributed by atoms with Crippen LogP contribution in [0.5, 0.6) is 5.75 Å². The highest BCUT2D eigenvalue weighted by Gasteiger charge is 2.43. The van der Waals surface area contributed by atoms with Crippen LogP contribution in [0.2, 0.25) is 10.0 Å². The smallest absolute Gasteiger partial charge is 0.327 e. The third kappa shape index (κ3) is 5.33. The van der Waals surface area contributed by atoms with Crippen LogP contribution >= 0.6 is 43.9 Å². The second-order valence-electron chi connectivity index (χ2n) is 10.1. The van der Waals surface area contributed by atoms with Gasteiger partial charge in [-0.1, -0.05) is 69.9 Å². The number of amides is 2. The van der Waals surface area contributed by atoms with Crippen LogP contribution in [0.1, 0.15) is 51.0 Å². The topological polar surface area (TPSA) is 53.9 Å². The molecule has 5 rings (SSSR count). The largest absolute Gasteiger partial charge is 0.494 e. The van der Waals surface area contributed by atoms with Gasteiger partial charge in [-0.15, -0.1) is 0 Å². The number of nitrogens with one attached hydrogen (secondary N) is 1.